The first-order chi connectivity index (χ1) is 46.1. The normalized spacial score (nSPS) is 12.6. The van der Waals surface area contributed by atoms with Crippen molar-refractivity contribution in [2.24, 2.45) is 0 Å². The first kappa shape index (κ1) is 60.0. The number of imidazole rings is 2. The van der Waals surface area contributed by atoms with Crippen LogP contribution in [-0.2, 0) is 21.7 Å². The highest BCUT2D eigenvalue weighted by molar-refractivity contribution is 6.27. The predicted octanol–water partition coefficient (Wildman–Crippen LogP) is 24.8. The Labute approximate surface area is 561 Å². The van der Waals surface area contributed by atoms with E-state index in [1.165, 1.54) is 22.3 Å². The molecule has 0 bridgehead atoms. The summed E-state index contributed by atoms with van der Waals surface area (Å²) in [6, 6.07) is 92.3. The molecule has 0 spiro atoms. The van der Waals surface area contributed by atoms with Crippen molar-refractivity contribution in [3.63, 3.8) is 0 Å². The van der Waals surface area contributed by atoms with E-state index in [-0.39, 0.29) is 21.7 Å². The zero-order valence-electron chi connectivity index (χ0n) is 56.7. The Balaban J connectivity index is 0.765. The van der Waals surface area contributed by atoms with Crippen molar-refractivity contribution >= 4 is 111 Å². The average Bonchev–Trinajstić information content (AvgIpc) is 1.46. The minimum absolute atomic E-state index is 0.00313. The molecule has 16 aromatic rings. The molecule has 8 heteroatoms. The van der Waals surface area contributed by atoms with Crippen molar-refractivity contribution in [1.29, 1.82) is 0 Å². The summed E-state index contributed by atoms with van der Waals surface area (Å²) in [7, 11) is 0. The molecule has 0 saturated carbocycles. The van der Waals surface area contributed by atoms with Crippen LogP contribution in [0.1, 0.15) is 105 Å². The van der Waals surface area contributed by atoms with Crippen molar-refractivity contribution in [2.75, 3.05) is 9.80 Å². The topological polar surface area (TPSA) is 68.4 Å². The quantitative estimate of drug-likeness (QED) is 0.136. The lowest BCUT2D eigenvalue weighted by atomic mass is 9.87. The van der Waals surface area contributed by atoms with Crippen molar-refractivity contribution in [2.45, 2.75) is 105 Å². The van der Waals surface area contributed by atoms with E-state index < -0.39 is 0 Å². The van der Waals surface area contributed by atoms with Crippen LogP contribution in [-0.4, -0.2) is 19.1 Å². The van der Waals surface area contributed by atoms with E-state index in [0.29, 0.717) is 0 Å². The van der Waals surface area contributed by atoms with E-state index in [9.17, 15) is 0 Å². The van der Waals surface area contributed by atoms with Crippen LogP contribution in [0, 0.1) is 0 Å². The Morgan fingerprint density at radius 1 is 0.281 bits per heavy atom. The minimum atomic E-state index is -0.00313. The van der Waals surface area contributed by atoms with Gasteiger partial charge in [-0.05, 0) is 225 Å². The van der Waals surface area contributed by atoms with E-state index >= 15 is 0 Å². The fourth-order valence-electron chi connectivity index (χ4n) is 14.0. The van der Waals surface area contributed by atoms with Crippen LogP contribution in [0.15, 0.2) is 264 Å². The molecule has 0 atom stereocenters. The van der Waals surface area contributed by atoms with Crippen LogP contribution in [0.5, 0.6) is 0 Å². The summed E-state index contributed by atoms with van der Waals surface area (Å²) in [5, 5.41) is 6.46. The van der Waals surface area contributed by atoms with Gasteiger partial charge in [0.1, 0.15) is 34.0 Å². The lowest BCUT2D eigenvalue weighted by Gasteiger charge is -2.27. The van der Waals surface area contributed by atoms with Crippen molar-refractivity contribution in [3.8, 4) is 34.2 Å². The highest BCUT2D eigenvalue weighted by Crippen LogP contribution is 2.47. The molecule has 0 radical (unpaired) electrons. The van der Waals surface area contributed by atoms with Crippen LogP contribution >= 0.6 is 0 Å². The van der Waals surface area contributed by atoms with Gasteiger partial charge in [0.15, 0.2) is 0 Å². The van der Waals surface area contributed by atoms with Crippen LogP contribution in [0.25, 0.3) is 111 Å². The number of furan rings is 2. The summed E-state index contributed by atoms with van der Waals surface area (Å²) in [6.07, 6.45) is 0. The summed E-state index contributed by atoms with van der Waals surface area (Å²) in [4.78, 5) is 15.2. The van der Waals surface area contributed by atoms with Gasteiger partial charge in [-0.15, -0.1) is 0 Å². The second kappa shape index (κ2) is 22.3. The molecule has 4 heterocycles. The first-order valence-corrected chi connectivity index (χ1v) is 33.5. The smallest absolute Gasteiger partial charge is 0.145 e. The first-order valence-electron chi connectivity index (χ1n) is 33.5. The Morgan fingerprint density at radius 3 is 0.906 bits per heavy atom. The Kier molecular flexibility index (Phi) is 14.0. The van der Waals surface area contributed by atoms with Crippen molar-refractivity contribution in [3.05, 3.63) is 277 Å². The molecule has 12 aromatic carbocycles. The van der Waals surface area contributed by atoms with Gasteiger partial charge in [-0.1, -0.05) is 156 Å². The van der Waals surface area contributed by atoms with E-state index in [4.69, 9.17) is 18.8 Å². The SMILES string of the molecule is CC(C)(C)c1ccc(N(c2ccc(-c3nc4ccccc4n3-c3ccc(C(C)(C)C)cc3)cc2)c2ccc3c(c2)oc2ccc4c(ccc5oc6cc(N(c7ccc(-c8nc9ccccc9n8-c8ccc(C(C)(C)C)cc8)cc7)c7ccc(C(C)(C)C)cc7)ccc6c54)c23)cc1. The number of para-hydroxylation sites is 4. The summed E-state index contributed by atoms with van der Waals surface area (Å²) in [5.41, 5.74) is 22.8. The number of rotatable bonds is 10. The third-order valence-corrected chi connectivity index (χ3v) is 19.4. The van der Waals surface area contributed by atoms with Crippen molar-refractivity contribution in [1.82, 2.24) is 19.1 Å². The Hall–Kier alpha value is -11.0. The van der Waals surface area contributed by atoms with E-state index in [0.717, 1.165) is 145 Å². The molecule has 0 aliphatic carbocycles. The standard InChI is InChI=1S/C88H78N6O2/c1-85(2,3)57-25-37-63(38-26-57)91(61-33-21-55(22-34-61)83-89-73-17-13-15-19-75(73)93(83)65-41-29-59(30-42-65)87(7,8)9)67-45-47-71-79(53-67)95-77-51-49-70-69(81(71)77)50-52-78-82(70)72-48-46-68(54-80(72)96-78)92(64-39-27-58(28-40-64)86(4,5)6)62-35-23-56(24-36-62)84-90-74-18-14-16-20-76(74)94(84)66-43-31-60(32-44-66)88(10,11)12/h13-54H,1-12H3. The molecular formula is C88H78N6O2. The monoisotopic (exact) mass is 1250 g/mol. The second-order valence-corrected chi connectivity index (χ2v) is 30.0. The van der Waals surface area contributed by atoms with Gasteiger partial charge in [-0.3, -0.25) is 9.13 Å². The molecule has 0 N–H and O–H groups in total. The molecule has 0 saturated heterocycles. The number of hydrogen-bond acceptors (Lipinski definition) is 6. The van der Waals surface area contributed by atoms with Gasteiger partial charge in [0.25, 0.3) is 0 Å². The maximum absolute atomic E-state index is 6.92. The van der Waals surface area contributed by atoms with E-state index in [1.54, 1.807) is 0 Å². The molecule has 0 amide bonds. The highest BCUT2D eigenvalue weighted by atomic mass is 16.3. The van der Waals surface area contributed by atoms with Gasteiger partial charge in [0.05, 0.1) is 22.1 Å². The van der Waals surface area contributed by atoms with Gasteiger partial charge in [-0.25, -0.2) is 9.97 Å². The van der Waals surface area contributed by atoms with Crippen LogP contribution < -0.4 is 9.80 Å². The van der Waals surface area contributed by atoms with Gasteiger partial charge in [-0.2, -0.15) is 0 Å². The fourth-order valence-corrected chi connectivity index (χ4v) is 14.0. The molecule has 8 nitrogen and oxygen atoms in total. The minimum Gasteiger partial charge on any atom is -0.456 e. The van der Waals surface area contributed by atoms with Crippen LogP contribution in [0.4, 0.5) is 34.1 Å². The summed E-state index contributed by atoms with van der Waals surface area (Å²) in [6.45, 7) is 27.1. The largest absolute Gasteiger partial charge is 0.456 e. The molecule has 0 aliphatic heterocycles. The maximum atomic E-state index is 6.92. The molecule has 96 heavy (non-hydrogen) atoms. The summed E-state index contributed by atoms with van der Waals surface area (Å²) in [5.74, 6) is 1.79. The lowest BCUT2D eigenvalue weighted by molar-refractivity contribution is 0.590. The van der Waals surface area contributed by atoms with Gasteiger partial charge in [0.2, 0.25) is 0 Å². The highest BCUT2D eigenvalue weighted by Gasteiger charge is 2.26. The Morgan fingerprint density at radius 2 is 0.573 bits per heavy atom. The predicted molar refractivity (Wildman–Crippen MR) is 403 cm³/mol. The third-order valence-electron chi connectivity index (χ3n) is 19.4. The maximum Gasteiger partial charge on any atom is 0.145 e. The Bertz CT molecular complexity index is 5290. The average molecular weight is 1250 g/mol. The molecular weight excluding hydrogens is 1170 g/mol. The molecule has 16 rings (SSSR count). The van der Waals surface area contributed by atoms with Gasteiger partial charge < -0.3 is 18.6 Å². The zero-order chi connectivity index (χ0) is 66.2. The number of benzene rings is 12. The fraction of sp³-hybridized carbons (Fsp3) is 0.182. The van der Waals surface area contributed by atoms with Crippen molar-refractivity contribution < 1.29 is 8.83 Å². The molecule has 0 unspecified atom stereocenters. The molecule has 0 fully saturated rings. The zero-order valence-corrected chi connectivity index (χ0v) is 56.7. The molecule has 472 valence electrons. The number of nitrogens with zero attached hydrogens (tertiary/aromatic N) is 6. The summed E-state index contributed by atoms with van der Waals surface area (Å²) < 4.78 is 18.4. The van der Waals surface area contributed by atoms with E-state index in [1.807, 2.05) is 0 Å². The van der Waals surface area contributed by atoms with Crippen LogP contribution in [0.2, 0.25) is 0 Å². The number of anilines is 6. The molecule has 0 aliphatic rings. The summed E-state index contributed by atoms with van der Waals surface area (Å²) >= 11 is 0. The number of fused-ring (bicyclic) bond motifs is 11. The molecule has 4 aromatic heterocycles. The number of hydrogen-bond donors (Lipinski definition) is 0. The third kappa shape index (κ3) is 10.5. The lowest BCUT2D eigenvalue weighted by Crippen LogP contribution is -2.13. The van der Waals surface area contributed by atoms with E-state index in [2.05, 4.69) is 357 Å². The van der Waals surface area contributed by atoms with Gasteiger partial charge >= 0.3 is 0 Å². The second-order valence-electron chi connectivity index (χ2n) is 30.0. The number of aromatic nitrogens is 4. The van der Waals surface area contributed by atoms with Crippen LogP contribution in [0.3, 0.4) is 0 Å². The van der Waals surface area contributed by atoms with Gasteiger partial charge in [0, 0.05) is 90.3 Å².